The number of aryl methyl sites for hydroxylation is 1. The molecule has 1 aliphatic rings. The second-order valence-corrected chi connectivity index (χ2v) is 6.99. The van der Waals surface area contributed by atoms with Gasteiger partial charge in [0, 0.05) is 32.1 Å². The summed E-state index contributed by atoms with van der Waals surface area (Å²) in [6.45, 7) is 10.4. The standard InChI is InChI=1S/C20H30N2O3/c1-5-18(25-17-9-6-8-16(4)14-17)20(24)22-11-7-10-21(12-13-22)19(23)15(2)3/h6,8-9,14-15,18H,5,7,10-13H2,1-4H3/t18-/m1/s1. The van der Waals surface area contributed by atoms with Crippen LogP contribution in [-0.2, 0) is 9.59 Å². The largest absolute Gasteiger partial charge is 0.481 e. The van der Waals surface area contributed by atoms with Crippen molar-refractivity contribution in [1.29, 1.82) is 0 Å². The van der Waals surface area contributed by atoms with Crippen LogP contribution in [0.3, 0.4) is 0 Å². The summed E-state index contributed by atoms with van der Waals surface area (Å²) in [5, 5.41) is 0. The molecule has 1 atom stereocenters. The van der Waals surface area contributed by atoms with E-state index >= 15 is 0 Å². The number of carbonyl (C=O) groups excluding carboxylic acids is 2. The van der Waals surface area contributed by atoms with Gasteiger partial charge in [-0.05, 0) is 37.5 Å². The van der Waals surface area contributed by atoms with Crippen LogP contribution in [0.4, 0.5) is 0 Å². The third-order valence-electron chi connectivity index (χ3n) is 4.53. The molecule has 2 amide bonds. The van der Waals surface area contributed by atoms with Crippen molar-refractivity contribution in [2.75, 3.05) is 26.2 Å². The second kappa shape index (κ2) is 8.88. The quantitative estimate of drug-likeness (QED) is 0.824. The number of ether oxygens (including phenoxy) is 1. The van der Waals surface area contributed by atoms with Gasteiger partial charge in [0.15, 0.2) is 6.10 Å². The first kappa shape index (κ1) is 19.3. The number of benzene rings is 1. The van der Waals surface area contributed by atoms with Gasteiger partial charge in [0.25, 0.3) is 5.91 Å². The van der Waals surface area contributed by atoms with Gasteiger partial charge in [-0.2, -0.15) is 0 Å². The van der Waals surface area contributed by atoms with Gasteiger partial charge in [0.05, 0.1) is 0 Å². The van der Waals surface area contributed by atoms with Crippen LogP contribution in [-0.4, -0.2) is 53.9 Å². The molecule has 0 aromatic heterocycles. The fourth-order valence-electron chi connectivity index (χ4n) is 3.09. The lowest BCUT2D eigenvalue weighted by molar-refractivity contribution is -0.139. The van der Waals surface area contributed by atoms with Gasteiger partial charge >= 0.3 is 0 Å². The van der Waals surface area contributed by atoms with Crippen molar-refractivity contribution in [2.24, 2.45) is 5.92 Å². The molecule has 5 nitrogen and oxygen atoms in total. The third-order valence-corrected chi connectivity index (χ3v) is 4.53. The Bertz CT molecular complexity index is 600. The van der Waals surface area contributed by atoms with E-state index in [4.69, 9.17) is 4.74 Å². The summed E-state index contributed by atoms with van der Waals surface area (Å²) < 4.78 is 5.94. The fraction of sp³-hybridized carbons (Fsp3) is 0.600. The first-order chi connectivity index (χ1) is 11.9. The van der Waals surface area contributed by atoms with Gasteiger partial charge in [0.2, 0.25) is 5.91 Å². The van der Waals surface area contributed by atoms with Gasteiger partial charge in [-0.3, -0.25) is 9.59 Å². The number of amides is 2. The van der Waals surface area contributed by atoms with E-state index in [-0.39, 0.29) is 17.7 Å². The fourth-order valence-corrected chi connectivity index (χ4v) is 3.09. The van der Waals surface area contributed by atoms with Crippen LogP contribution in [0.2, 0.25) is 0 Å². The van der Waals surface area contributed by atoms with E-state index in [0.29, 0.717) is 26.1 Å². The van der Waals surface area contributed by atoms with Crippen LogP contribution >= 0.6 is 0 Å². The zero-order chi connectivity index (χ0) is 18.4. The van der Waals surface area contributed by atoms with Gasteiger partial charge in [-0.25, -0.2) is 0 Å². The minimum Gasteiger partial charge on any atom is -0.481 e. The zero-order valence-corrected chi connectivity index (χ0v) is 15.8. The van der Waals surface area contributed by atoms with E-state index in [1.807, 2.05) is 61.8 Å². The second-order valence-electron chi connectivity index (χ2n) is 6.99. The van der Waals surface area contributed by atoms with Gasteiger partial charge in [-0.15, -0.1) is 0 Å². The molecule has 1 fully saturated rings. The molecule has 0 spiro atoms. The molecule has 0 aliphatic carbocycles. The summed E-state index contributed by atoms with van der Waals surface area (Å²) in [7, 11) is 0. The molecule has 25 heavy (non-hydrogen) atoms. The number of nitrogens with zero attached hydrogens (tertiary/aromatic N) is 2. The molecule has 1 aliphatic heterocycles. The molecule has 0 unspecified atom stereocenters. The van der Waals surface area contributed by atoms with Gasteiger partial charge in [-0.1, -0.05) is 32.9 Å². The van der Waals surface area contributed by atoms with Crippen LogP contribution < -0.4 is 4.74 Å². The van der Waals surface area contributed by atoms with E-state index < -0.39 is 6.10 Å². The summed E-state index contributed by atoms with van der Waals surface area (Å²) in [6.07, 6.45) is 0.956. The number of hydrogen-bond acceptors (Lipinski definition) is 3. The molecule has 5 heteroatoms. The Morgan fingerprint density at radius 3 is 2.28 bits per heavy atom. The van der Waals surface area contributed by atoms with Gasteiger partial charge in [0.1, 0.15) is 5.75 Å². The Balaban J connectivity index is 1.99. The molecule has 138 valence electrons. The van der Waals surface area contributed by atoms with Gasteiger partial charge < -0.3 is 14.5 Å². The highest BCUT2D eigenvalue weighted by Gasteiger charge is 2.28. The van der Waals surface area contributed by atoms with Crippen LogP contribution in [0.1, 0.15) is 39.2 Å². The zero-order valence-electron chi connectivity index (χ0n) is 15.8. The summed E-state index contributed by atoms with van der Waals surface area (Å²) in [6, 6.07) is 7.77. The maximum atomic E-state index is 12.9. The molecule has 1 saturated heterocycles. The lowest BCUT2D eigenvalue weighted by Gasteiger charge is -2.26. The van der Waals surface area contributed by atoms with Crippen molar-refractivity contribution >= 4 is 11.8 Å². The smallest absolute Gasteiger partial charge is 0.263 e. The first-order valence-electron chi connectivity index (χ1n) is 9.23. The average Bonchev–Trinajstić information content (AvgIpc) is 2.84. The molecular weight excluding hydrogens is 316 g/mol. The summed E-state index contributed by atoms with van der Waals surface area (Å²) >= 11 is 0. The lowest BCUT2D eigenvalue weighted by Crippen LogP contribution is -2.44. The molecule has 0 N–H and O–H groups in total. The molecular formula is C20H30N2O3. The summed E-state index contributed by atoms with van der Waals surface area (Å²) in [5.41, 5.74) is 1.11. The van der Waals surface area contributed by atoms with Crippen molar-refractivity contribution in [3.8, 4) is 5.75 Å². The molecule has 1 aromatic carbocycles. The topological polar surface area (TPSA) is 49.9 Å². The minimum atomic E-state index is -0.478. The Labute approximate surface area is 150 Å². The number of hydrogen-bond donors (Lipinski definition) is 0. The highest BCUT2D eigenvalue weighted by molar-refractivity contribution is 5.82. The van der Waals surface area contributed by atoms with E-state index in [0.717, 1.165) is 24.3 Å². The van der Waals surface area contributed by atoms with Crippen molar-refractivity contribution in [1.82, 2.24) is 9.80 Å². The Hall–Kier alpha value is -2.04. The predicted octanol–water partition coefficient (Wildman–Crippen LogP) is 2.87. The average molecular weight is 346 g/mol. The molecule has 2 rings (SSSR count). The summed E-state index contributed by atoms with van der Waals surface area (Å²) in [4.78, 5) is 28.8. The maximum absolute atomic E-state index is 12.9. The normalized spacial score (nSPS) is 16.5. The van der Waals surface area contributed by atoms with E-state index in [2.05, 4.69) is 0 Å². The summed E-state index contributed by atoms with van der Waals surface area (Å²) in [5.74, 6) is 0.905. The Kier molecular flexibility index (Phi) is 6.85. The highest BCUT2D eigenvalue weighted by atomic mass is 16.5. The van der Waals surface area contributed by atoms with E-state index in [1.165, 1.54) is 0 Å². The monoisotopic (exact) mass is 346 g/mol. The van der Waals surface area contributed by atoms with Crippen molar-refractivity contribution in [2.45, 2.75) is 46.6 Å². The van der Waals surface area contributed by atoms with Crippen LogP contribution in [0.25, 0.3) is 0 Å². The van der Waals surface area contributed by atoms with Crippen molar-refractivity contribution in [3.05, 3.63) is 29.8 Å². The third kappa shape index (κ3) is 5.21. The van der Waals surface area contributed by atoms with Crippen LogP contribution in [0.5, 0.6) is 5.75 Å². The molecule has 0 saturated carbocycles. The number of rotatable bonds is 5. The van der Waals surface area contributed by atoms with Crippen molar-refractivity contribution in [3.63, 3.8) is 0 Å². The van der Waals surface area contributed by atoms with E-state index in [9.17, 15) is 9.59 Å². The maximum Gasteiger partial charge on any atom is 0.263 e. The lowest BCUT2D eigenvalue weighted by atomic mass is 10.2. The minimum absolute atomic E-state index is 0.00436. The molecule has 0 radical (unpaired) electrons. The van der Waals surface area contributed by atoms with Crippen LogP contribution in [0.15, 0.2) is 24.3 Å². The highest BCUT2D eigenvalue weighted by Crippen LogP contribution is 2.17. The van der Waals surface area contributed by atoms with E-state index in [1.54, 1.807) is 0 Å². The Morgan fingerprint density at radius 1 is 1.08 bits per heavy atom. The predicted molar refractivity (Wildman–Crippen MR) is 98.5 cm³/mol. The molecule has 1 heterocycles. The molecule has 1 aromatic rings. The molecule has 0 bridgehead atoms. The SMILES string of the molecule is CC[C@@H](Oc1cccc(C)c1)C(=O)N1CCCN(C(=O)C(C)C)CC1. The number of carbonyl (C=O) groups is 2. The van der Waals surface area contributed by atoms with Crippen LogP contribution in [0, 0.1) is 12.8 Å². The Morgan fingerprint density at radius 2 is 1.72 bits per heavy atom. The first-order valence-corrected chi connectivity index (χ1v) is 9.23. The van der Waals surface area contributed by atoms with Crippen molar-refractivity contribution < 1.29 is 14.3 Å².